The van der Waals surface area contributed by atoms with Gasteiger partial charge in [0.1, 0.15) is 0 Å². The molecule has 0 bridgehead atoms. The molecule has 0 spiro atoms. The molecule has 1 atom stereocenters. The van der Waals surface area contributed by atoms with Crippen LogP contribution in [-0.2, 0) is 14.3 Å². The highest BCUT2D eigenvalue weighted by atomic mass is 16.5. The van der Waals surface area contributed by atoms with Gasteiger partial charge in [-0.3, -0.25) is 4.79 Å². The highest BCUT2D eigenvalue weighted by molar-refractivity contribution is 5.69. The number of ether oxygens (including phenoxy) is 2. The van der Waals surface area contributed by atoms with Gasteiger partial charge in [0.05, 0.1) is 18.6 Å². The average molecular weight is 215 g/mol. The van der Waals surface area contributed by atoms with Gasteiger partial charge in [-0.05, 0) is 26.7 Å². The molecule has 0 aromatic carbocycles. The Labute approximate surface area is 91.3 Å². The molecule has 1 aliphatic rings. The first-order valence-corrected chi connectivity index (χ1v) is 5.66. The summed E-state index contributed by atoms with van der Waals surface area (Å²) in [5, 5.41) is 3.23. The molecule has 1 N–H and O–H groups in total. The summed E-state index contributed by atoms with van der Waals surface area (Å²) >= 11 is 0. The minimum Gasteiger partial charge on any atom is -0.466 e. The average Bonchev–Trinajstić information content (AvgIpc) is 2.61. The van der Waals surface area contributed by atoms with Crippen LogP contribution < -0.4 is 5.32 Å². The van der Waals surface area contributed by atoms with Gasteiger partial charge in [-0.15, -0.1) is 0 Å². The summed E-state index contributed by atoms with van der Waals surface area (Å²) < 4.78 is 10.4. The number of hydrogen-bond acceptors (Lipinski definition) is 4. The van der Waals surface area contributed by atoms with Crippen LogP contribution >= 0.6 is 0 Å². The Morgan fingerprint density at radius 3 is 3.00 bits per heavy atom. The van der Waals surface area contributed by atoms with E-state index in [4.69, 9.17) is 9.47 Å². The van der Waals surface area contributed by atoms with Gasteiger partial charge >= 0.3 is 5.97 Å². The second kappa shape index (κ2) is 6.08. The van der Waals surface area contributed by atoms with E-state index in [1.54, 1.807) is 0 Å². The monoisotopic (exact) mass is 215 g/mol. The summed E-state index contributed by atoms with van der Waals surface area (Å²) in [6, 6.07) is 0. The molecular formula is C11H21NO3. The normalized spacial score (nSPS) is 25.5. The van der Waals surface area contributed by atoms with Crippen molar-refractivity contribution in [2.24, 2.45) is 0 Å². The second-order valence-corrected chi connectivity index (χ2v) is 4.13. The SMILES string of the molecule is CCOC(=O)CCNCC1(C)CCCO1. The number of hydrogen-bond donors (Lipinski definition) is 1. The first-order valence-electron chi connectivity index (χ1n) is 5.66. The molecule has 0 aliphatic carbocycles. The van der Waals surface area contributed by atoms with E-state index in [1.165, 1.54) is 0 Å². The van der Waals surface area contributed by atoms with E-state index in [0.29, 0.717) is 19.6 Å². The van der Waals surface area contributed by atoms with Gasteiger partial charge in [0.25, 0.3) is 0 Å². The molecule has 1 aliphatic heterocycles. The van der Waals surface area contributed by atoms with Crippen molar-refractivity contribution in [2.75, 3.05) is 26.3 Å². The molecule has 4 heteroatoms. The Hall–Kier alpha value is -0.610. The molecule has 0 saturated carbocycles. The number of esters is 1. The fourth-order valence-electron chi connectivity index (χ4n) is 1.75. The van der Waals surface area contributed by atoms with Crippen LogP contribution in [0.3, 0.4) is 0 Å². The van der Waals surface area contributed by atoms with E-state index in [2.05, 4.69) is 12.2 Å². The van der Waals surface area contributed by atoms with Crippen molar-refractivity contribution in [2.45, 2.75) is 38.7 Å². The Kier molecular flexibility index (Phi) is 5.05. The molecule has 0 aromatic rings. The molecule has 1 saturated heterocycles. The van der Waals surface area contributed by atoms with Crippen molar-refractivity contribution in [1.29, 1.82) is 0 Å². The van der Waals surface area contributed by atoms with Crippen molar-refractivity contribution in [1.82, 2.24) is 5.32 Å². The molecular weight excluding hydrogens is 194 g/mol. The lowest BCUT2D eigenvalue weighted by Crippen LogP contribution is -2.38. The summed E-state index contributed by atoms with van der Waals surface area (Å²) in [5.41, 5.74) is -0.0331. The largest absolute Gasteiger partial charge is 0.466 e. The van der Waals surface area contributed by atoms with Crippen LogP contribution in [0.1, 0.15) is 33.1 Å². The predicted molar refractivity (Wildman–Crippen MR) is 57.7 cm³/mol. The Morgan fingerprint density at radius 1 is 1.60 bits per heavy atom. The van der Waals surface area contributed by atoms with Crippen LogP contribution in [0, 0.1) is 0 Å². The lowest BCUT2D eigenvalue weighted by Gasteiger charge is -2.23. The van der Waals surface area contributed by atoms with Gasteiger partial charge in [0, 0.05) is 19.7 Å². The zero-order chi connectivity index (χ0) is 11.1. The van der Waals surface area contributed by atoms with Gasteiger partial charge in [0.15, 0.2) is 0 Å². The lowest BCUT2D eigenvalue weighted by atomic mass is 10.0. The van der Waals surface area contributed by atoms with Crippen molar-refractivity contribution in [3.05, 3.63) is 0 Å². The van der Waals surface area contributed by atoms with Gasteiger partial charge in [-0.25, -0.2) is 0 Å². The minimum atomic E-state index is -0.137. The van der Waals surface area contributed by atoms with Crippen LogP contribution in [0.2, 0.25) is 0 Å². The van der Waals surface area contributed by atoms with Crippen LogP contribution in [0.4, 0.5) is 0 Å². The fourth-order valence-corrected chi connectivity index (χ4v) is 1.75. The summed E-state index contributed by atoms with van der Waals surface area (Å²) in [6.45, 7) is 6.72. The maximum Gasteiger partial charge on any atom is 0.307 e. The molecule has 1 rings (SSSR count). The summed E-state index contributed by atoms with van der Waals surface area (Å²) in [7, 11) is 0. The lowest BCUT2D eigenvalue weighted by molar-refractivity contribution is -0.143. The minimum absolute atomic E-state index is 0.0331. The quantitative estimate of drug-likeness (QED) is 0.532. The predicted octanol–water partition coefficient (Wildman–Crippen LogP) is 1.10. The molecule has 0 aromatic heterocycles. The highest BCUT2D eigenvalue weighted by Gasteiger charge is 2.28. The number of rotatable bonds is 6. The maximum absolute atomic E-state index is 11.0. The first kappa shape index (κ1) is 12.5. The molecule has 0 amide bonds. The first-order chi connectivity index (χ1) is 7.16. The Bertz CT molecular complexity index is 200. The molecule has 4 nitrogen and oxygen atoms in total. The van der Waals surface area contributed by atoms with Gasteiger partial charge < -0.3 is 14.8 Å². The van der Waals surface area contributed by atoms with Crippen molar-refractivity contribution in [3.8, 4) is 0 Å². The summed E-state index contributed by atoms with van der Waals surface area (Å²) in [5.74, 6) is -0.137. The molecule has 1 unspecified atom stereocenters. The molecule has 0 radical (unpaired) electrons. The maximum atomic E-state index is 11.0. The number of carbonyl (C=O) groups is 1. The van der Waals surface area contributed by atoms with Crippen molar-refractivity contribution in [3.63, 3.8) is 0 Å². The molecule has 88 valence electrons. The standard InChI is InChI=1S/C11H21NO3/c1-3-14-10(13)5-7-12-9-11(2)6-4-8-15-11/h12H,3-9H2,1-2H3. The Morgan fingerprint density at radius 2 is 2.40 bits per heavy atom. The highest BCUT2D eigenvalue weighted by Crippen LogP contribution is 2.23. The fraction of sp³-hybridized carbons (Fsp3) is 0.909. The zero-order valence-electron chi connectivity index (χ0n) is 9.67. The van der Waals surface area contributed by atoms with E-state index in [1.807, 2.05) is 6.92 Å². The third kappa shape index (κ3) is 4.62. The van der Waals surface area contributed by atoms with Crippen LogP contribution in [0.15, 0.2) is 0 Å². The van der Waals surface area contributed by atoms with E-state index in [0.717, 1.165) is 26.0 Å². The Balaban J connectivity index is 2.03. The summed E-state index contributed by atoms with van der Waals surface area (Å²) in [4.78, 5) is 11.0. The van der Waals surface area contributed by atoms with Crippen LogP contribution in [0.5, 0.6) is 0 Å². The molecule has 15 heavy (non-hydrogen) atoms. The third-order valence-electron chi connectivity index (χ3n) is 2.61. The number of carbonyl (C=O) groups excluding carboxylic acids is 1. The van der Waals surface area contributed by atoms with Gasteiger partial charge in [-0.2, -0.15) is 0 Å². The van der Waals surface area contributed by atoms with Crippen LogP contribution in [0.25, 0.3) is 0 Å². The van der Waals surface area contributed by atoms with E-state index < -0.39 is 0 Å². The van der Waals surface area contributed by atoms with Crippen molar-refractivity contribution >= 4 is 5.97 Å². The second-order valence-electron chi connectivity index (χ2n) is 4.13. The number of nitrogens with one attached hydrogen (secondary N) is 1. The van der Waals surface area contributed by atoms with Crippen LogP contribution in [-0.4, -0.2) is 37.9 Å². The smallest absolute Gasteiger partial charge is 0.307 e. The van der Waals surface area contributed by atoms with Gasteiger partial charge in [-0.1, -0.05) is 0 Å². The molecule has 1 heterocycles. The van der Waals surface area contributed by atoms with E-state index in [9.17, 15) is 4.79 Å². The summed E-state index contributed by atoms with van der Waals surface area (Å²) in [6.07, 6.45) is 2.67. The van der Waals surface area contributed by atoms with Gasteiger partial charge in [0.2, 0.25) is 0 Å². The topological polar surface area (TPSA) is 47.6 Å². The zero-order valence-corrected chi connectivity index (χ0v) is 9.67. The van der Waals surface area contributed by atoms with E-state index in [-0.39, 0.29) is 11.6 Å². The van der Waals surface area contributed by atoms with E-state index >= 15 is 0 Å². The molecule has 1 fully saturated rings. The third-order valence-corrected chi connectivity index (χ3v) is 2.61. The van der Waals surface area contributed by atoms with Crippen molar-refractivity contribution < 1.29 is 14.3 Å².